The lowest BCUT2D eigenvalue weighted by Crippen LogP contribution is -2.42. The number of hydrogen-bond acceptors (Lipinski definition) is 4. The molecule has 0 aliphatic carbocycles. The van der Waals surface area contributed by atoms with Gasteiger partial charge in [-0.2, -0.15) is 0 Å². The SMILES string of the molecule is C=CCN(CCC(=O)O)C(=O)CN1c2cccc3cccc(c23)S1(=O)=O. The van der Waals surface area contributed by atoms with Crippen molar-refractivity contribution in [2.45, 2.75) is 11.3 Å². The van der Waals surface area contributed by atoms with Crippen molar-refractivity contribution in [2.75, 3.05) is 23.9 Å². The smallest absolute Gasteiger partial charge is 0.305 e. The number of amides is 1. The Kier molecular flexibility index (Phi) is 4.69. The lowest BCUT2D eigenvalue weighted by Gasteiger charge is -2.24. The Labute approximate surface area is 151 Å². The molecule has 0 unspecified atom stereocenters. The predicted molar refractivity (Wildman–Crippen MR) is 97.5 cm³/mol. The molecule has 1 aliphatic heterocycles. The summed E-state index contributed by atoms with van der Waals surface area (Å²) in [5.74, 6) is -1.50. The highest BCUT2D eigenvalue weighted by atomic mass is 32.2. The van der Waals surface area contributed by atoms with Crippen LogP contribution in [-0.4, -0.2) is 49.9 Å². The first kappa shape index (κ1) is 17.9. The maximum atomic E-state index is 12.9. The number of anilines is 1. The Morgan fingerprint density at radius 1 is 1.19 bits per heavy atom. The molecule has 0 saturated heterocycles. The third kappa shape index (κ3) is 3.03. The molecule has 1 heterocycles. The number of carbonyl (C=O) groups is 2. The number of sulfonamides is 1. The predicted octanol–water partition coefficient (Wildman–Crippen LogP) is 1.84. The zero-order chi connectivity index (χ0) is 18.9. The van der Waals surface area contributed by atoms with Crippen LogP contribution in [0, 0.1) is 0 Å². The molecule has 2 aromatic rings. The van der Waals surface area contributed by atoms with Gasteiger partial charge < -0.3 is 10.0 Å². The molecule has 0 aromatic heterocycles. The van der Waals surface area contributed by atoms with Crippen molar-refractivity contribution in [3.05, 3.63) is 49.1 Å². The van der Waals surface area contributed by atoms with Gasteiger partial charge in [-0.15, -0.1) is 6.58 Å². The quantitative estimate of drug-likeness (QED) is 0.746. The first-order chi connectivity index (χ1) is 12.4. The number of aliphatic carboxylic acids is 1. The number of carbonyl (C=O) groups excluding carboxylic acids is 1. The number of hydrogen-bond donors (Lipinski definition) is 1. The highest BCUT2D eigenvalue weighted by Gasteiger charge is 2.37. The summed E-state index contributed by atoms with van der Waals surface area (Å²) in [5, 5.41) is 10.2. The lowest BCUT2D eigenvalue weighted by molar-refractivity contribution is -0.138. The molecule has 0 spiro atoms. The van der Waals surface area contributed by atoms with Crippen molar-refractivity contribution in [1.82, 2.24) is 4.90 Å². The standard InChI is InChI=1S/C18H18N2O5S/c1-2-10-19(11-9-17(22)23)16(21)12-20-14-7-3-5-13-6-4-8-15(18(13)14)26(20,24)25/h2-8H,1,9-12H2,(H,22,23). The molecular weight excluding hydrogens is 356 g/mol. The van der Waals surface area contributed by atoms with Gasteiger partial charge in [-0.25, -0.2) is 8.42 Å². The Morgan fingerprint density at radius 3 is 2.54 bits per heavy atom. The van der Waals surface area contributed by atoms with Gasteiger partial charge in [0.15, 0.2) is 0 Å². The molecule has 0 saturated carbocycles. The lowest BCUT2D eigenvalue weighted by atomic mass is 10.1. The summed E-state index contributed by atoms with van der Waals surface area (Å²) < 4.78 is 26.9. The normalized spacial score (nSPS) is 14.4. The van der Waals surface area contributed by atoms with E-state index in [0.717, 1.165) is 9.69 Å². The van der Waals surface area contributed by atoms with Gasteiger partial charge in [0.1, 0.15) is 6.54 Å². The van der Waals surface area contributed by atoms with E-state index in [-0.39, 0.29) is 31.0 Å². The van der Waals surface area contributed by atoms with Crippen molar-refractivity contribution in [3.63, 3.8) is 0 Å². The molecule has 0 bridgehead atoms. The molecule has 136 valence electrons. The number of nitrogens with zero attached hydrogens (tertiary/aromatic N) is 2. The van der Waals surface area contributed by atoms with Crippen LogP contribution in [0.5, 0.6) is 0 Å². The number of carboxylic acid groups (broad SMARTS) is 1. The van der Waals surface area contributed by atoms with Gasteiger partial charge in [0, 0.05) is 18.5 Å². The van der Waals surface area contributed by atoms with E-state index in [0.29, 0.717) is 11.1 Å². The van der Waals surface area contributed by atoms with Gasteiger partial charge in [0.25, 0.3) is 10.0 Å². The minimum atomic E-state index is -3.83. The second-order valence-electron chi connectivity index (χ2n) is 5.92. The van der Waals surface area contributed by atoms with Crippen molar-refractivity contribution >= 4 is 38.4 Å². The van der Waals surface area contributed by atoms with Crippen LogP contribution < -0.4 is 4.31 Å². The minimum absolute atomic E-state index is 0.00871. The van der Waals surface area contributed by atoms with Crippen molar-refractivity contribution in [2.24, 2.45) is 0 Å². The Balaban J connectivity index is 1.92. The minimum Gasteiger partial charge on any atom is -0.481 e. The van der Waals surface area contributed by atoms with Gasteiger partial charge in [-0.1, -0.05) is 30.3 Å². The van der Waals surface area contributed by atoms with Crippen LogP contribution in [0.25, 0.3) is 10.8 Å². The molecule has 0 radical (unpaired) electrons. The van der Waals surface area contributed by atoms with E-state index in [1.165, 1.54) is 17.0 Å². The monoisotopic (exact) mass is 374 g/mol. The van der Waals surface area contributed by atoms with Crippen LogP contribution in [0.4, 0.5) is 5.69 Å². The van der Waals surface area contributed by atoms with Crippen LogP contribution in [-0.2, 0) is 19.6 Å². The Hall–Kier alpha value is -2.87. The first-order valence-corrected chi connectivity index (χ1v) is 9.45. The average Bonchev–Trinajstić information content (AvgIpc) is 2.82. The Morgan fingerprint density at radius 2 is 1.88 bits per heavy atom. The highest BCUT2D eigenvalue weighted by molar-refractivity contribution is 7.93. The van der Waals surface area contributed by atoms with E-state index in [2.05, 4.69) is 6.58 Å². The molecule has 26 heavy (non-hydrogen) atoms. The Bertz CT molecular complexity index is 995. The second kappa shape index (κ2) is 6.80. The van der Waals surface area contributed by atoms with E-state index in [1.807, 2.05) is 12.1 Å². The van der Waals surface area contributed by atoms with Gasteiger partial charge in [-0.3, -0.25) is 13.9 Å². The van der Waals surface area contributed by atoms with Crippen LogP contribution in [0.2, 0.25) is 0 Å². The molecule has 1 amide bonds. The summed E-state index contributed by atoms with van der Waals surface area (Å²) in [5.41, 5.74) is 0.461. The number of benzene rings is 2. The molecule has 1 N–H and O–H groups in total. The molecule has 8 heteroatoms. The second-order valence-corrected chi connectivity index (χ2v) is 7.75. The van der Waals surface area contributed by atoms with Crippen LogP contribution in [0.3, 0.4) is 0 Å². The van der Waals surface area contributed by atoms with Crippen LogP contribution >= 0.6 is 0 Å². The van der Waals surface area contributed by atoms with Gasteiger partial charge in [-0.05, 0) is 17.5 Å². The van der Waals surface area contributed by atoms with E-state index >= 15 is 0 Å². The fourth-order valence-corrected chi connectivity index (χ4v) is 4.72. The molecule has 1 aliphatic rings. The molecule has 7 nitrogen and oxygen atoms in total. The largest absolute Gasteiger partial charge is 0.481 e. The zero-order valence-corrected chi connectivity index (χ0v) is 14.8. The van der Waals surface area contributed by atoms with Gasteiger partial charge in [0.05, 0.1) is 17.0 Å². The summed E-state index contributed by atoms with van der Waals surface area (Å²) in [6.45, 7) is 3.32. The number of carboxylic acids is 1. The first-order valence-electron chi connectivity index (χ1n) is 8.01. The molecule has 3 rings (SSSR count). The van der Waals surface area contributed by atoms with Crippen molar-refractivity contribution < 1.29 is 23.1 Å². The van der Waals surface area contributed by atoms with E-state index in [1.54, 1.807) is 18.2 Å². The molecular formula is C18H18N2O5S. The third-order valence-electron chi connectivity index (χ3n) is 4.26. The van der Waals surface area contributed by atoms with E-state index in [9.17, 15) is 18.0 Å². The summed E-state index contributed by atoms with van der Waals surface area (Å²) in [4.78, 5) is 24.9. The zero-order valence-electron chi connectivity index (χ0n) is 14.0. The molecule has 2 aromatic carbocycles. The topological polar surface area (TPSA) is 95.0 Å². The maximum absolute atomic E-state index is 12.9. The highest BCUT2D eigenvalue weighted by Crippen LogP contribution is 2.41. The van der Waals surface area contributed by atoms with Crippen LogP contribution in [0.15, 0.2) is 53.9 Å². The fraction of sp³-hybridized carbons (Fsp3) is 0.222. The summed E-state index contributed by atoms with van der Waals surface area (Å²) in [6, 6.07) is 10.2. The maximum Gasteiger partial charge on any atom is 0.305 e. The number of rotatable bonds is 7. The molecule has 0 atom stereocenters. The molecule has 0 fully saturated rings. The average molecular weight is 374 g/mol. The van der Waals surface area contributed by atoms with Gasteiger partial charge >= 0.3 is 5.97 Å². The van der Waals surface area contributed by atoms with Crippen molar-refractivity contribution in [1.29, 1.82) is 0 Å². The summed E-state index contributed by atoms with van der Waals surface area (Å²) in [6.07, 6.45) is 1.26. The van der Waals surface area contributed by atoms with Crippen LogP contribution in [0.1, 0.15) is 6.42 Å². The fourth-order valence-electron chi connectivity index (χ4n) is 3.06. The van der Waals surface area contributed by atoms with Crippen molar-refractivity contribution in [3.8, 4) is 0 Å². The van der Waals surface area contributed by atoms with E-state index < -0.39 is 21.9 Å². The van der Waals surface area contributed by atoms with E-state index in [4.69, 9.17) is 5.11 Å². The van der Waals surface area contributed by atoms with Gasteiger partial charge in [0.2, 0.25) is 5.91 Å². The summed E-state index contributed by atoms with van der Waals surface area (Å²) in [7, 11) is -3.83. The summed E-state index contributed by atoms with van der Waals surface area (Å²) >= 11 is 0. The third-order valence-corrected chi connectivity index (χ3v) is 6.06.